The summed E-state index contributed by atoms with van der Waals surface area (Å²) in [4.78, 5) is 11.9. The third-order valence-corrected chi connectivity index (χ3v) is 2.93. The molecule has 0 radical (unpaired) electrons. The molecule has 0 aliphatic heterocycles. The SMILES string of the molecule is CCOC(OCC)=C(Sc1ccccc1)C(=O)[O-]. The predicted octanol–water partition coefficient (Wildman–Crippen LogP) is 1.77. The van der Waals surface area contributed by atoms with Crippen LogP contribution >= 0.6 is 11.8 Å². The molecule has 1 aromatic carbocycles. The van der Waals surface area contributed by atoms with Gasteiger partial charge in [0.1, 0.15) is 4.91 Å². The Kier molecular flexibility index (Phi) is 6.14. The van der Waals surface area contributed by atoms with E-state index in [9.17, 15) is 9.90 Å². The van der Waals surface area contributed by atoms with Crippen LogP contribution in [0.5, 0.6) is 0 Å². The fraction of sp³-hybridized carbons (Fsp3) is 0.308. The van der Waals surface area contributed by atoms with E-state index in [-0.39, 0.29) is 10.9 Å². The van der Waals surface area contributed by atoms with Crippen LogP contribution in [0.3, 0.4) is 0 Å². The van der Waals surface area contributed by atoms with Crippen LogP contribution in [0.2, 0.25) is 0 Å². The van der Waals surface area contributed by atoms with E-state index in [0.29, 0.717) is 13.2 Å². The van der Waals surface area contributed by atoms with E-state index >= 15 is 0 Å². The second-order valence-electron chi connectivity index (χ2n) is 3.19. The Labute approximate surface area is 111 Å². The van der Waals surface area contributed by atoms with Crippen molar-refractivity contribution in [2.45, 2.75) is 18.7 Å². The van der Waals surface area contributed by atoms with Crippen LogP contribution in [-0.4, -0.2) is 19.2 Å². The summed E-state index contributed by atoms with van der Waals surface area (Å²) >= 11 is 1.05. The Hall–Kier alpha value is -1.62. The zero-order chi connectivity index (χ0) is 13.4. The molecule has 5 heteroatoms. The van der Waals surface area contributed by atoms with Gasteiger partial charge in [-0.2, -0.15) is 0 Å². The molecule has 0 aromatic heterocycles. The van der Waals surface area contributed by atoms with Gasteiger partial charge in [-0.3, -0.25) is 0 Å². The molecular formula is C13H15O4S-. The topological polar surface area (TPSA) is 58.6 Å². The summed E-state index contributed by atoms with van der Waals surface area (Å²) in [6.45, 7) is 4.20. The van der Waals surface area contributed by atoms with Gasteiger partial charge in [-0.05, 0) is 26.0 Å². The maximum atomic E-state index is 11.1. The molecule has 0 amide bonds. The molecule has 0 aliphatic rings. The van der Waals surface area contributed by atoms with Crippen LogP contribution < -0.4 is 5.11 Å². The molecule has 4 nitrogen and oxygen atoms in total. The molecular weight excluding hydrogens is 252 g/mol. The number of carboxylic acid groups (broad SMARTS) is 1. The summed E-state index contributed by atoms with van der Waals surface area (Å²) in [7, 11) is 0. The van der Waals surface area contributed by atoms with Crippen LogP contribution in [0, 0.1) is 0 Å². The summed E-state index contributed by atoms with van der Waals surface area (Å²) in [5.74, 6) is -1.30. The minimum Gasteiger partial charge on any atom is -0.544 e. The number of thioether (sulfide) groups is 1. The average molecular weight is 267 g/mol. The van der Waals surface area contributed by atoms with E-state index in [2.05, 4.69) is 0 Å². The lowest BCUT2D eigenvalue weighted by Gasteiger charge is -2.15. The monoisotopic (exact) mass is 267 g/mol. The zero-order valence-electron chi connectivity index (χ0n) is 10.3. The molecule has 0 atom stereocenters. The fourth-order valence-electron chi connectivity index (χ4n) is 1.21. The third-order valence-electron chi connectivity index (χ3n) is 1.88. The first kappa shape index (κ1) is 14.4. The molecule has 0 N–H and O–H groups in total. The highest BCUT2D eigenvalue weighted by atomic mass is 32.2. The molecule has 1 aromatic rings. The Morgan fingerprint density at radius 1 is 1.17 bits per heavy atom. The van der Waals surface area contributed by atoms with Crippen molar-refractivity contribution in [3.05, 3.63) is 41.2 Å². The number of ether oxygens (including phenoxy) is 2. The third kappa shape index (κ3) is 4.33. The Morgan fingerprint density at radius 3 is 2.17 bits per heavy atom. The molecule has 0 spiro atoms. The van der Waals surface area contributed by atoms with E-state index in [1.807, 2.05) is 30.3 Å². The van der Waals surface area contributed by atoms with Crippen molar-refractivity contribution in [3.63, 3.8) is 0 Å². The second-order valence-corrected chi connectivity index (χ2v) is 4.27. The van der Waals surface area contributed by atoms with E-state index in [0.717, 1.165) is 16.7 Å². The maximum Gasteiger partial charge on any atom is 0.295 e. The van der Waals surface area contributed by atoms with Gasteiger partial charge in [-0.25, -0.2) is 0 Å². The number of hydrogen-bond acceptors (Lipinski definition) is 5. The summed E-state index contributed by atoms with van der Waals surface area (Å²) in [5.41, 5.74) is 0. The highest BCUT2D eigenvalue weighted by Crippen LogP contribution is 2.29. The molecule has 98 valence electrons. The second kappa shape index (κ2) is 7.66. The zero-order valence-corrected chi connectivity index (χ0v) is 11.2. The van der Waals surface area contributed by atoms with Gasteiger partial charge in [0, 0.05) is 4.90 Å². The molecule has 0 saturated heterocycles. The quantitative estimate of drug-likeness (QED) is 0.428. The van der Waals surface area contributed by atoms with Gasteiger partial charge in [0.25, 0.3) is 5.95 Å². The standard InChI is InChI=1S/C13H16O4S/c1-3-16-13(17-4-2)11(12(14)15)18-10-8-6-5-7-9-10/h5-9H,3-4H2,1-2H3,(H,14,15)/p-1. The lowest BCUT2D eigenvalue weighted by Crippen LogP contribution is -2.25. The van der Waals surface area contributed by atoms with Gasteiger partial charge in [-0.1, -0.05) is 30.0 Å². The fourth-order valence-corrected chi connectivity index (χ4v) is 2.02. The summed E-state index contributed by atoms with van der Waals surface area (Å²) in [6, 6.07) is 9.14. The lowest BCUT2D eigenvalue weighted by molar-refractivity contribution is -0.298. The van der Waals surface area contributed by atoms with Crippen molar-refractivity contribution < 1.29 is 19.4 Å². The van der Waals surface area contributed by atoms with Crippen molar-refractivity contribution in [1.29, 1.82) is 0 Å². The number of rotatable bonds is 7. The van der Waals surface area contributed by atoms with Gasteiger partial charge < -0.3 is 19.4 Å². The van der Waals surface area contributed by atoms with Crippen LogP contribution in [0.25, 0.3) is 0 Å². The van der Waals surface area contributed by atoms with Gasteiger partial charge in [0.05, 0.1) is 19.2 Å². The number of aliphatic carboxylic acids is 1. The van der Waals surface area contributed by atoms with E-state index in [4.69, 9.17) is 9.47 Å². The first-order valence-electron chi connectivity index (χ1n) is 5.63. The number of carbonyl (C=O) groups is 1. The highest BCUT2D eigenvalue weighted by Gasteiger charge is 2.13. The van der Waals surface area contributed by atoms with Crippen molar-refractivity contribution in [1.82, 2.24) is 0 Å². The molecule has 1 rings (SSSR count). The molecule has 0 bridgehead atoms. The molecule has 0 unspecified atom stereocenters. The summed E-state index contributed by atoms with van der Waals surface area (Å²) in [6.07, 6.45) is 0. The number of carbonyl (C=O) groups excluding carboxylic acids is 1. The summed E-state index contributed by atoms with van der Waals surface area (Å²) < 4.78 is 10.4. The molecule has 0 saturated carbocycles. The van der Waals surface area contributed by atoms with Gasteiger partial charge in [0.15, 0.2) is 0 Å². The Balaban J connectivity index is 2.99. The summed E-state index contributed by atoms with van der Waals surface area (Å²) in [5, 5.41) is 11.1. The smallest absolute Gasteiger partial charge is 0.295 e. The average Bonchev–Trinajstić information content (AvgIpc) is 2.37. The van der Waals surface area contributed by atoms with Crippen LogP contribution in [-0.2, 0) is 14.3 Å². The van der Waals surface area contributed by atoms with Crippen molar-refractivity contribution >= 4 is 17.7 Å². The minimum atomic E-state index is -1.30. The highest BCUT2D eigenvalue weighted by molar-refractivity contribution is 8.04. The lowest BCUT2D eigenvalue weighted by atomic mass is 10.4. The largest absolute Gasteiger partial charge is 0.544 e. The van der Waals surface area contributed by atoms with E-state index < -0.39 is 5.97 Å². The Morgan fingerprint density at radius 2 is 1.72 bits per heavy atom. The van der Waals surface area contributed by atoms with E-state index in [1.54, 1.807) is 13.8 Å². The number of hydrogen-bond donors (Lipinski definition) is 0. The molecule has 0 fully saturated rings. The molecule has 0 heterocycles. The van der Waals surface area contributed by atoms with Crippen LogP contribution in [0.1, 0.15) is 13.8 Å². The van der Waals surface area contributed by atoms with E-state index in [1.165, 1.54) is 0 Å². The van der Waals surface area contributed by atoms with Gasteiger partial charge in [-0.15, -0.1) is 0 Å². The van der Waals surface area contributed by atoms with Crippen LogP contribution in [0.15, 0.2) is 46.1 Å². The van der Waals surface area contributed by atoms with Gasteiger partial charge >= 0.3 is 0 Å². The normalized spacial score (nSPS) is 9.67. The van der Waals surface area contributed by atoms with Crippen molar-refractivity contribution in [3.8, 4) is 0 Å². The minimum absolute atomic E-state index is 0.00820. The first-order chi connectivity index (χ1) is 8.69. The van der Waals surface area contributed by atoms with Gasteiger partial charge in [0.2, 0.25) is 0 Å². The predicted molar refractivity (Wildman–Crippen MR) is 67.6 cm³/mol. The van der Waals surface area contributed by atoms with Crippen molar-refractivity contribution in [2.24, 2.45) is 0 Å². The Bertz CT molecular complexity index is 406. The maximum absolute atomic E-state index is 11.1. The molecule has 0 aliphatic carbocycles. The van der Waals surface area contributed by atoms with Crippen molar-refractivity contribution in [2.75, 3.05) is 13.2 Å². The first-order valence-corrected chi connectivity index (χ1v) is 6.44. The molecule has 18 heavy (non-hydrogen) atoms. The number of carboxylic acids is 1. The van der Waals surface area contributed by atoms with Crippen LogP contribution in [0.4, 0.5) is 0 Å². The number of benzene rings is 1.